The van der Waals surface area contributed by atoms with E-state index in [-0.39, 0.29) is 28.6 Å². The molecule has 0 radical (unpaired) electrons. The molecule has 2 N–H and O–H groups in total. The van der Waals surface area contributed by atoms with E-state index in [1.54, 1.807) is 44.2 Å². The molecule has 0 aliphatic rings. The quantitative estimate of drug-likeness (QED) is 0.224. The van der Waals surface area contributed by atoms with Gasteiger partial charge in [0.2, 0.25) is 10.0 Å². The number of nitrogens with one attached hydrogen (secondary N) is 2. The number of aryl methyl sites for hydroxylation is 1. The highest BCUT2D eigenvalue weighted by molar-refractivity contribution is 7.89. The molecule has 10 heteroatoms. The van der Waals surface area contributed by atoms with E-state index in [0.29, 0.717) is 22.6 Å². The molecule has 1 atom stereocenters. The van der Waals surface area contributed by atoms with Crippen LogP contribution in [0, 0.1) is 12.8 Å². The van der Waals surface area contributed by atoms with Gasteiger partial charge in [-0.15, -0.1) is 0 Å². The van der Waals surface area contributed by atoms with Gasteiger partial charge in [0, 0.05) is 11.3 Å². The zero-order valence-corrected chi connectivity index (χ0v) is 24.7. The first-order chi connectivity index (χ1) is 19.4. The third-order valence-corrected chi connectivity index (χ3v) is 7.99. The normalized spacial score (nSPS) is 12.5. The largest absolute Gasteiger partial charge is 0.490 e. The Bertz CT molecular complexity index is 1660. The van der Waals surface area contributed by atoms with Gasteiger partial charge in [-0.3, -0.25) is 9.59 Å². The Hall–Kier alpha value is -4.15. The first kappa shape index (κ1) is 29.8. The summed E-state index contributed by atoms with van der Waals surface area (Å²) >= 11 is 0. The maximum Gasteiger partial charge on any atom is 0.324 e. The van der Waals surface area contributed by atoms with Gasteiger partial charge in [0.05, 0.1) is 23.5 Å². The van der Waals surface area contributed by atoms with Gasteiger partial charge in [0.25, 0.3) is 5.91 Å². The van der Waals surface area contributed by atoms with Crippen molar-refractivity contribution in [2.24, 2.45) is 5.92 Å². The average molecular weight is 579 g/mol. The Morgan fingerprint density at radius 1 is 0.878 bits per heavy atom. The van der Waals surface area contributed by atoms with Crippen molar-refractivity contribution in [2.45, 2.75) is 51.7 Å². The molecule has 0 spiro atoms. The lowest BCUT2D eigenvalue weighted by molar-refractivity contribution is -0.143. The third-order valence-electron chi connectivity index (χ3n) is 6.53. The number of carbonyl (C=O) groups is 2. The molecular weight excluding hydrogens is 544 g/mol. The molecular formula is C31H34N2O7S. The van der Waals surface area contributed by atoms with E-state index in [4.69, 9.17) is 13.9 Å². The smallest absolute Gasteiger partial charge is 0.324 e. The number of amides is 1. The highest BCUT2D eigenvalue weighted by Crippen LogP contribution is 2.34. The van der Waals surface area contributed by atoms with Crippen molar-refractivity contribution in [3.05, 3.63) is 78.1 Å². The van der Waals surface area contributed by atoms with Crippen molar-refractivity contribution in [3.63, 3.8) is 0 Å². The minimum Gasteiger partial charge on any atom is -0.490 e. The van der Waals surface area contributed by atoms with Crippen LogP contribution in [0.5, 0.6) is 5.75 Å². The molecule has 4 aromatic rings. The van der Waals surface area contributed by atoms with Gasteiger partial charge in [-0.05, 0) is 74.2 Å². The van der Waals surface area contributed by atoms with Gasteiger partial charge in [-0.25, -0.2) is 8.42 Å². The number of anilines is 1. The first-order valence-electron chi connectivity index (χ1n) is 13.2. The maximum atomic E-state index is 13.1. The predicted octanol–water partition coefficient (Wildman–Crippen LogP) is 5.92. The zero-order valence-electron chi connectivity index (χ0n) is 23.8. The number of hydrogen-bond acceptors (Lipinski definition) is 7. The summed E-state index contributed by atoms with van der Waals surface area (Å²) in [4.78, 5) is 25.1. The zero-order chi connectivity index (χ0) is 29.9. The van der Waals surface area contributed by atoms with Crippen molar-refractivity contribution < 1.29 is 31.9 Å². The van der Waals surface area contributed by atoms with E-state index in [9.17, 15) is 18.0 Å². The van der Waals surface area contributed by atoms with E-state index < -0.39 is 22.0 Å². The molecule has 1 aromatic heterocycles. The molecule has 1 unspecified atom stereocenters. The minimum absolute atomic E-state index is 0.0215. The van der Waals surface area contributed by atoms with Gasteiger partial charge < -0.3 is 19.2 Å². The first-order valence-corrected chi connectivity index (χ1v) is 14.7. The number of rotatable bonds is 10. The molecule has 0 aliphatic heterocycles. The molecule has 1 heterocycles. The van der Waals surface area contributed by atoms with Gasteiger partial charge in [-0.1, -0.05) is 44.2 Å². The molecule has 4 rings (SSSR count). The number of furan rings is 1. The van der Waals surface area contributed by atoms with Crippen molar-refractivity contribution in [1.82, 2.24) is 4.72 Å². The lowest BCUT2D eigenvalue weighted by Gasteiger charge is -2.19. The van der Waals surface area contributed by atoms with Crippen LogP contribution in [0.1, 0.15) is 43.8 Å². The van der Waals surface area contributed by atoms with Crippen LogP contribution in [-0.2, 0) is 19.6 Å². The van der Waals surface area contributed by atoms with Crippen LogP contribution in [0.15, 0.2) is 76.0 Å². The fourth-order valence-corrected chi connectivity index (χ4v) is 5.75. The fraction of sp³-hybridized carbons (Fsp3) is 0.290. The van der Waals surface area contributed by atoms with Crippen LogP contribution >= 0.6 is 0 Å². The highest BCUT2D eigenvalue weighted by atomic mass is 32.2. The summed E-state index contributed by atoms with van der Waals surface area (Å²) < 4.78 is 44.6. The number of fused-ring (bicyclic) bond motifs is 1. The summed E-state index contributed by atoms with van der Waals surface area (Å²) in [5.41, 5.74) is 3.45. The number of carbonyl (C=O) groups excluding carboxylic acids is 2. The van der Waals surface area contributed by atoms with Crippen LogP contribution in [-0.4, -0.2) is 39.5 Å². The van der Waals surface area contributed by atoms with Crippen LogP contribution in [0.2, 0.25) is 0 Å². The molecule has 41 heavy (non-hydrogen) atoms. The highest BCUT2D eigenvalue weighted by Gasteiger charge is 2.29. The summed E-state index contributed by atoms with van der Waals surface area (Å²) in [6, 6.07) is 18.0. The van der Waals surface area contributed by atoms with Gasteiger partial charge in [0.1, 0.15) is 17.4 Å². The number of hydrogen-bond donors (Lipinski definition) is 2. The van der Waals surface area contributed by atoms with E-state index in [2.05, 4.69) is 10.0 Å². The van der Waals surface area contributed by atoms with E-state index in [1.165, 1.54) is 19.2 Å². The van der Waals surface area contributed by atoms with E-state index >= 15 is 0 Å². The molecule has 216 valence electrons. The summed E-state index contributed by atoms with van der Waals surface area (Å²) in [6.45, 7) is 9.17. The third kappa shape index (κ3) is 6.61. The van der Waals surface area contributed by atoms with Gasteiger partial charge in [0.15, 0.2) is 5.76 Å². The second-order valence-electron chi connectivity index (χ2n) is 10.3. The standard InChI is InChI=1S/C31H34N2O7S/c1-18(2)28(31(35)38-6)33-41(36,37)24-16-12-22(13-17-24)21-10-14-23(15-11-21)32-30(34)29-20(5)27-25(39-19(3)4)8-7-9-26(27)40-29/h7-19,28,33H,1-6H3,(H,32,34). The van der Waals surface area contributed by atoms with E-state index in [0.717, 1.165) is 16.5 Å². The number of sulfonamides is 1. The van der Waals surface area contributed by atoms with Crippen LogP contribution in [0.4, 0.5) is 5.69 Å². The minimum atomic E-state index is -3.94. The molecule has 0 saturated heterocycles. The number of esters is 1. The molecule has 1 amide bonds. The topological polar surface area (TPSA) is 124 Å². The second kappa shape index (κ2) is 12.2. The lowest BCUT2D eigenvalue weighted by atomic mass is 10.1. The molecule has 0 fully saturated rings. The maximum absolute atomic E-state index is 13.1. The Labute approximate surface area is 239 Å². The Morgan fingerprint density at radius 2 is 1.49 bits per heavy atom. The Balaban J connectivity index is 1.48. The molecule has 0 saturated carbocycles. The van der Waals surface area contributed by atoms with Crippen LogP contribution in [0.25, 0.3) is 22.1 Å². The van der Waals surface area contributed by atoms with Crippen molar-refractivity contribution >= 4 is 38.6 Å². The fourth-order valence-electron chi connectivity index (χ4n) is 4.41. The molecule has 3 aromatic carbocycles. The summed E-state index contributed by atoms with van der Waals surface area (Å²) in [5, 5.41) is 3.64. The SMILES string of the molecule is COC(=O)C(NS(=O)(=O)c1ccc(-c2ccc(NC(=O)c3oc4cccc(OC(C)C)c4c3C)cc2)cc1)C(C)C. The molecule has 9 nitrogen and oxygen atoms in total. The molecule has 0 bridgehead atoms. The summed E-state index contributed by atoms with van der Waals surface area (Å²) in [5.74, 6) is -0.438. The van der Waals surface area contributed by atoms with Gasteiger partial charge >= 0.3 is 5.97 Å². The second-order valence-corrected chi connectivity index (χ2v) is 12.0. The van der Waals surface area contributed by atoms with Crippen molar-refractivity contribution in [3.8, 4) is 16.9 Å². The van der Waals surface area contributed by atoms with Crippen LogP contribution < -0.4 is 14.8 Å². The lowest BCUT2D eigenvalue weighted by Crippen LogP contribution is -2.44. The average Bonchev–Trinajstić information content (AvgIpc) is 3.28. The number of ether oxygens (including phenoxy) is 2. The summed E-state index contributed by atoms with van der Waals surface area (Å²) in [7, 11) is -2.72. The molecule has 0 aliphatic carbocycles. The van der Waals surface area contributed by atoms with Crippen molar-refractivity contribution in [1.29, 1.82) is 0 Å². The summed E-state index contributed by atoms with van der Waals surface area (Å²) in [6.07, 6.45) is -0.0215. The van der Waals surface area contributed by atoms with Gasteiger partial charge in [-0.2, -0.15) is 4.72 Å². The number of benzene rings is 3. The monoisotopic (exact) mass is 578 g/mol. The Kier molecular flexibility index (Phi) is 8.84. The van der Waals surface area contributed by atoms with E-state index in [1.807, 2.05) is 45.0 Å². The number of methoxy groups -OCH3 is 1. The van der Waals surface area contributed by atoms with Crippen molar-refractivity contribution in [2.75, 3.05) is 12.4 Å². The predicted molar refractivity (Wildman–Crippen MR) is 158 cm³/mol. The van der Waals surface area contributed by atoms with Crippen LogP contribution in [0.3, 0.4) is 0 Å². The Morgan fingerprint density at radius 3 is 2.05 bits per heavy atom.